The Morgan fingerprint density at radius 2 is 2.11 bits per heavy atom. The quantitative estimate of drug-likeness (QED) is 0.415. The molecule has 0 bridgehead atoms. The Balaban J connectivity index is 3.66. The van der Waals surface area contributed by atoms with E-state index in [-0.39, 0.29) is 5.92 Å². The zero-order chi connectivity index (χ0) is 7.11. The molecule has 0 N–H and O–H groups in total. The van der Waals surface area contributed by atoms with E-state index in [4.69, 9.17) is 0 Å². The van der Waals surface area contributed by atoms with E-state index in [9.17, 15) is 9.59 Å². The fraction of sp³-hybridized carbons (Fsp3) is 0.429. The molecule has 0 aromatic heterocycles. The average Bonchev–Trinajstić information content (AvgIpc) is 1.91. The average molecular weight is 126 g/mol. The molecule has 0 rings (SSSR count). The van der Waals surface area contributed by atoms with Gasteiger partial charge in [-0.3, -0.25) is 4.79 Å². The van der Waals surface area contributed by atoms with Gasteiger partial charge in [0.2, 0.25) is 0 Å². The van der Waals surface area contributed by atoms with Crippen molar-refractivity contribution in [3.63, 3.8) is 0 Å². The van der Waals surface area contributed by atoms with Crippen molar-refractivity contribution in [3.8, 4) is 0 Å². The third-order valence-electron chi connectivity index (χ3n) is 1.08. The standard InChI is InChI=1S/C7H10O2/c1-2-7(6-9)4-3-5-8/h3-7H,2H2,1H3. The summed E-state index contributed by atoms with van der Waals surface area (Å²) in [5, 5.41) is 0. The van der Waals surface area contributed by atoms with Gasteiger partial charge in [0.1, 0.15) is 12.6 Å². The molecule has 1 atom stereocenters. The van der Waals surface area contributed by atoms with Crippen LogP contribution in [0, 0.1) is 5.92 Å². The molecule has 0 amide bonds. The van der Waals surface area contributed by atoms with Crippen molar-refractivity contribution in [1.82, 2.24) is 0 Å². The lowest BCUT2D eigenvalue weighted by atomic mass is 10.1. The van der Waals surface area contributed by atoms with Crippen molar-refractivity contribution < 1.29 is 9.59 Å². The Bertz CT molecular complexity index is 116. The van der Waals surface area contributed by atoms with E-state index in [2.05, 4.69) is 0 Å². The van der Waals surface area contributed by atoms with Gasteiger partial charge in [0.25, 0.3) is 0 Å². The zero-order valence-corrected chi connectivity index (χ0v) is 5.41. The van der Waals surface area contributed by atoms with E-state index in [1.807, 2.05) is 6.92 Å². The molecule has 0 saturated heterocycles. The van der Waals surface area contributed by atoms with Crippen LogP contribution in [0.5, 0.6) is 0 Å². The number of carbonyl (C=O) groups excluding carboxylic acids is 2. The molecule has 0 radical (unpaired) electrons. The molecule has 0 spiro atoms. The lowest BCUT2D eigenvalue weighted by Gasteiger charge is -1.94. The van der Waals surface area contributed by atoms with E-state index < -0.39 is 0 Å². The van der Waals surface area contributed by atoms with Crippen LogP contribution in [0.3, 0.4) is 0 Å². The summed E-state index contributed by atoms with van der Waals surface area (Å²) in [5.74, 6) is -0.0878. The Morgan fingerprint density at radius 3 is 2.44 bits per heavy atom. The molecule has 2 nitrogen and oxygen atoms in total. The number of carbonyl (C=O) groups is 2. The Labute approximate surface area is 54.6 Å². The first-order chi connectivity index (χ1) is 4.35. The SMILES string of the molecule is CCC(C=O)C=CC=O. The van der Waals surface area contributed by atoms with Gasteiger partial charge in [-0.25, -0.2) is 0 Å². The van der Waals surface area contributed by atoms with E-state index in [1.165, 1.54) is 6.08 Å². The van der Waals surface area contributed by atoms with E-state index in [0.717, 1.165) is 12.7 Å². The fourth-order valence-corrected chi connectivity index (χ4v) is 0.466. The maximum atomic E-state index is 10.1. The van der Waals surface area contributed by atoms with Gasteiger partial charge in [0.05, 0.1) is 0 Å². The predicted octanol–water partition coefficient (Wildman–Crippen LogP) is 0.967. The van der Waals surface area contributed by atoms with Crippen LogP contribution in [0.2, 0.25) is 0 Å². The highest BCUT2D eigenvalue weighted by Crippen LogP contribution is 1.98. The molecule has 0 aromatic rings. The molecule has 0 aliphatic heterocycles. The van der Waals surface area contributed by atoms with Crippen molar-refractivity contribution in [3.05, 3.63) is 12.2 Å². The second-order valence-electron chi connectivity index (χ2n) is 1.73. The number of rotatable bonds is 4. The van der Waals surface area contributed by atoms with Crippen LogP contribution < -0.4 is 0 Å². The Morgan fingerprint density at radius 1 is 1.44 bits per heavy atom. The molecule has 0 aromatic carbocycles. The van der Waals surface area contributed by atoms with Crippen LogP contribution in [0.1, 0.15) is 13.3 Å². The first-order valence-corrected chi connectivity index (χ1v) is 2.92. The maximum Gasteiger partial charge on any atom is 0.142 e. The minimum Gasteiger partial charge on any atom is -0.303 e. The Kier molecular flexibility index (Phi) is 4.69. The van der Waals surface area contributed by atoms with Crippen LogP contribution >= 0.6 is 0 Å². The summed E-state index contributed by atoms with van der Waals surface area (Å²) < 4.78 is 0. The van der Waals surface area contributed by atoms with Crippen molar-refractivity contribution in [2.24, 2.45) is 5.92 Å². The van der Waals surface area contributed by atoms with Crippen molar-refractivity contribution in [1.29, 1.82) is 0 Å². The van der Waals surface area contributed by atoms with E-state index in [0.29, 0.717) is 6.29 Å². The lowest BCUT2D eigenvalue weighted by Crippen LogP contribution is -1.93. The van der Waals surface area contributed by atoms with Gasteiger partial charge in [0, 0.05) is 5.92 Å². The van der Waals surface area contributed by atoms with Crippen molar-refractivity contribution >= 4 is 12.6 Å². The summed E-state index contributed by atoms with van der Waals surface area (Å²) in [6.07, 6.45) is 5.21. The predicted molar refractivity (Wildman–Crippen MR) is 35.0 cm³/mol. The second-order valence-corrected chi connectivity index (χ2v) is 1.73. The molecule has 0 fully saturated rings. The number of aldehydes is 2. The number of hydrogen-bond donors (Lipinski definition) is 0. The third kappa shape index (κ3) is 3.64. The summed E-state index contributed by atoms with van der Waals surface area (Å²) in [7, 11) is 0. The molecular formula is C7H10O2. The molecule has 0 aliphatic carbocycles. The van der Waals surface area contributed by atoms with Gasteiger partial charge in [0.15, 0.2) is 0 Å². The maximum absolute atomic E-state index is 10.1. The third-order valence-corrected chi connectivity index (χ3v) is 1.08. The summed E-state index contributed by atoms with van der Waals surface area (Å²) in [4.78, 5) is 19.8. The normalized spacial score (nSPS) is 13.4. The summed E-state index contributed by atoms with van der Waals surface area (Å²) in [6.45, 7) is 1.90. The monoisotopic (exact) mass is 126 g/mol. The minimum atomic E-state index is -0.0878. The first-order valence-electron chi connectivity index (χ1n) is 2.92. The largest absolute Gasteiger partial charge is 0.303 e. The summed E-state index contributed by atoms with van der Waals surface area (Å²) in [6, 6.07) is 0. The van der Waals surface area contributed by atoms with Crippen molar-refractivity contribution in [2.75, 3.05) is 0 Å². The van der Waals surface area contributed by atoms with Crippen LogP contribution in [0.4, 0.5) is 0 Å². The molecule has 1 unspecified atom stereocenters. The highest BCUT2D eigenvalue weighted by molar-refractivity contribution is 5.67. The topological polar surface area (TPSA) is 34.1 Å². The van der Waals surface area contributed by atoms with Gasteiger partial charge in [-0.05, 0) is 12.5 Å². The molecule has 2 heteroatoms. The van der Waals surface area contributed by atoms with Crippen LogP contribution in [0.25, 0.3) is 0 Å². The molecule has 50 valence electrons. The molecule has 9 heavy (non-hydrogen) atoms. The smallest absolute Gasteiger partial charge is 0.142 e. The van der Waals surface area contributed by atoms with Crippen LogP contribution in [-0.2, 0) is 9.59 Å². The number of hydrogen-bond acceptors (Lipinski definition) is 2. The van der Waals surface area contributed by atoms with Gasteiger partial charge < -0.3 is 4.79 Å². The molecule has 0 aliphatic rings. The van der Waals surface area contributed by atoms with E-state index >= 15 is 0 Å². The first kappa shape index (κ1) is 8.08. The highest BCUT2D eigenvalue weighted by Gasteiger charge is 1.95. The molecule has 0 saturated carbocycles. The Hall–Kier alpha value is -0.920. The van der Waals surface area contributed by atoms with Gasteiger partial charge >= 0.3 is 0 Å². The fourth-order valence-electron chi connectivity index (χ4n) is 0.466. The zero-order valence-electron chi connectivity index (χ0n) is 5.41. The summed E-state index contributed by atoms with van der Waals surface area (Å²) in [5.41, 5.74) is 0. The van der Waals surface area contributed by atoms with Crippen LogP contribution in [0.15, 0.2) is 12.2 Å². The second kappa shape index (κ2) is 5.22. The lowest BCUT2D eigenvalue weighted by molar-refractivity contribution is -0.109. The van der Waals surface area contributed by atoms with Crippen LogP contribution in [-0.4, -0.2) is 12.6 Å². The minimum absolute atomic E-state index is 0.0878. The van der Waals surface area contributed by atoms with Gasteiger partial charge in [-0.2, -0.15) is 0 Å². The summed E-state index contributed by atoms with van der Waals surface area (Å²) >= 11 is 0. The van der Waals surface area contributed by atoms with Gasteiger partial charge in [-0.15, -0.1) is 0 Å². The van der Waals surface area contributed by atoms with Gasteiger partial charge in [-0.1, -0.05) is 13.0 Å². The van der Waals surface area contributed by atoms with E-state index in [1.54, 1.807) is 6.08 Å². The molecular weight excluding hydrogens is 116 g/mol. The highest BCUT2D eigenvalue weighted by atomic mass is 16.1. The van der Waals surface area contributed by atoms with Crippen molar-refractivity contribution in [2.45, 2.75) is 13.3 Å². The number of allylic oxidation sites excluding steroid dienone is 2. The molecule has 0 heterocycles.